The van der Waals surface area contributed by atoms with E-state index in [1.165, 1.54) is 30.4 Å². The zero-order chi connectivity index (χ0) is 12.0. The Morgan fingerprint density at radius 3 is 2.19 bits per heavy atom. The first-order valence-electron chi connectivity index (χ1n) is 6.48. The van der Waals surface area contributed by atoms with Gasteiger partial charge in [0.25, 0.3) is 0 Å². The van der Waals surface area contributed by atoms with Gasteiger partial charge in [-0.15, -0.1) is 0 Å². The van der Waals surface area contributed by atoms with Crippen molar-refractivity contribution in [2.45, 2.75) is 58.4 Å². The number of aryl methyl sites for hydroxylation is 1. The molecule has 0 saturated carbocycles. The number of hydrogen-bond donors (Lipinski definition) is 1. The molecule has 0 heterocycles. The van der Waals surface area contributed by atoms with Crippen LogP contribution in [0.2, 0.25) is 0 Å². The molecule has 0 bridgehead atoms. The lowest BCUT2D eigenvalue weighted by Gasteiger charge is -2.13. The van der Waals surface area contributed by atoms with Gasteiger partial charge in [0, 0.05) is 6.04 Å². The number of nitrogens with two attached hydrogens (primary N) is 1. The molecule has 0 aliphatic heterocycles. The van der Waals surface area contributed by atoms with Crippen LogP contribution in [0.4, 0.5) is 0 Å². The smallest absolute Gasteiger partial charge is 0.00106 e. The minimum atomic E-state index is 0.321. The SMILES string of the molecule is CCCc1ccc(C(C)CCC(C)N)cc1. The molecular weight excluding hydrogens is 194 g/mol. The first kappa shape index (κ1) is 13.2. The molecule has 16 heavy (non-hydrogen) atoms. The summed E-state index contributed by atoms with van der Waals surface area (Å²) < 4.78 is 0. The number of benzene rings is 1. The average molecular weight is 219 g/mol. The summed E-state index contributed by atoms with van der Waals surface area (Å²) in [5, 5.41) is 0. The van der Waals surface area contributed by atoms with Gasteiger partial charge in [0.1, 0.15) is 0 Å². The Kier molecular flexibility index (Phi) is 5.54. The molecule has 0 aromatic heterocycles. The van der Waals surface area contributed by atoms with Gasteiger partial charge in [0.05, 0.1) is 0 Å². The molecule has 0 saturated heterocycles. The standard InChI is InChI=1S/C15H25N/c1-4-5-14-8-10-15(11-9-14)12(2)6-7-13(3)16/h8-13H,4-7,16H2,1-3H3. The van der Waals surface area contributed by atoms with Gasteiger partial charge >= 0.3 is 0 Å². The van der Waals surface area contributed by atoms with E-state index in [-0.39, 0.29) is 0 Å². The molecule has 2 unspecified atom stereocenters. The Morgan fingerprint density at radius 2 is 1.69 bits per heavy atom. The lowest BCUT2D eigenvalue weighted by Crippen LogP contribution is -2.15. The van der Waals surface area contributed by atoms with E-state index in [1.54, 1.807) is 0 Å². The largest absolute Gasteiger partial charge is 0.328 e. The van der Waals surface area contributed by atoms with Crippen LogP contribution in [0.1, 0.15) is 57.1 Å². The van der Waals surface area contributed by atoms with E-state index in [2.05, 4.69) is 45.0 Å². The van der Waals surface area contributed by atoms with Gasteiger partial charge in [-0.1, -0.05) is 44.5 Å². The Hall–Kier alpha value is -0.820. The van der Waals surface area contributed by atoms with Crippen LogP contribution in [-0.2, 0) is 6.42 Å². The zero-order valence-electron chi connectivity index (χ0n) is 10.9. The highest BCUT2D eigenvalue weighted by molar-refractivity contribution is 5.25. The van der Waals surface area contributed by atoms with Crippen LogP contribution >= 0.6 is 0 Å². The van der Waals surface area contributed by atoms with Crippen molar-refractivity contribution in [3.8, 4) is 0 Å². The summed E-state index contributed by atoms with van der Waals surface area (Å²) in [6.45, 7) is 6.59. The van der Waals surface area contributed by atoms with Crippen molar-refractivity contribution in [2.75, 3.05) is 0 Å². The fraction of sp³-hybridized carbons (Fsp3) is 0.600. The lowest BCUT2D eigenvalue weighted by molar-refractivity contribution is 0.569. The van der Waals surface area contributed by atoms with Crippen LogP contribution in [0, 0.1) is 0 Å². The second kappa shape index (κ2) is 6.70. The van der Waals surface area contributed by atoms with Crippen LogP contribution in [0.25, 0.3) is 0 Å². The fourth-order valence-corrected chi connectivity index (χ4v) is 1.98. The van der Waals surface area contributed by atoms with Crippen molar-refractivity contribution in [3.63, 3.8) is 0 Å². The third-order valence-corrected chi connectivity index (χ3v) is 3.14. The Morgan fingerprint density at radius 1 is 1.06 bits per heavy atom. The van der Waals surface area contributed by atoms with E-state index in [1.807, 2.05) is 0 Å². The van der Waals surface area contributed by atoms with E-state index in [0.29, 0.717) is 12.0 Å². The van der Waals surface area contributed by atoms with Crippen LogP contribution in [0.3, 0.4) is 0 Å². The molecule has 0 amide bonds. The van der Waals surface area contributed by atoms with Crippen molar-refractivity contribution in [1.29, 1.82) is 0 Å². The molecule has 1 nitrogen and oxygen atoms in total. The monoisotopic (exact) mass is 219 g/mol. The Balaban J connectivity index is 2.52. The third kappa shape index (κ3) is 4.36. The van der Waals surface area contributed by atoms with Gasteiger partial charge < -0.3 is 5.73 Å². The summed E-state index contributed by atoms with van der Waals surface area (Å²) in [5.74, 6) is 0.627. The molecule has 2 N–H and O–H groups in total. The maximum atomic E-state index is 5.78. The first-order chi connectivity index (χ1) is 7.63. The summed E-state index contributed by atoms with van der Waals surface area (Å²) in [5.41, 5.74) is 8.68. The molecule has 1 heteroatoms. The molecule has 90 valence electrons. The molecular formula is C15H25N. The van der Waals surface area contributed by atoms with Gasteiger partial charge in [-0.2, -0.15) is 0 Å². The average Bonchev–Trinajstić information content (AvgIpc) is 2.27. The molecule has 0 fully saturated rings. The van der Waals surface area contributed by atoms with Crippen molar-refractivity contribution in [3.05, 3.63) is 35.4 Å². The lowest BCUT2D eigenvalue weighted by atomic mass is 9.93. The summed E-state index contributed by atoms with van der Waals surface area (Å²) in [6, 6.07) is 9.40. The van der Waals surface area contributed by atoms with Crippen LogP contribution in [-0.4, -0.2) is 6.04 Å². The molecule has 2 atom stereocenters. The maximum absolute atomic E-state index is 5.78. The van der Waals surface area contributed by atoms with Crippen molar-refractivity contribution >= 4 is 0 Å². The van der Waals surface area contributed by atoms with Crippen molar-refractivity contribution in [1.82, 2.24) is 0 Å². The topological polar surface area (TPSA) is 26.0 Å². The highest BCUT2D eigenvalue weighted by Gasteiger charge is 2.06. The summed E-state index contributed by atoms with van der Waals surface area (Å²) >= 11 is 0. The van der Waals surface area contributed by atoms with Gasteiger partial charge in [0.2, 0.25) is 0 Å². The second-order valence-corrected chi connectivity index (χ2v) is 4.95. The van der Waals surface area contributed by atoms with Crippen LogP contribution < -0.4 is 5.73 Å². The van der Waals surface area contributed by atoms with Crippen LogP contribution in [0.15, 0.2) is 24.3 Å². The third-order valence-electron chi connectivity index (χ3n) is 3.14. The number of hydrogen-bond acceptors (Lipinski definition) is 1. The molecule has 0 aliphatic carbocycles. The summed E-state index contributed by atoms with van der Waals surface area (Å²) in [4.78, 5) is 0. The minimum Gasteiger partial charge on any atom is -0.328 e. The molecule has 0 spiro atoms. The van der Waals surface area contributed by atoms with E-state index < -0.39 is 0 Å². The van der Waals surface area contributed by atoms with Crippen LogP contribution in [0.5, 0.6) is 0 Å². The van der Waals surface area contributed by atoms with Crippen molar-refractivity contribution < 1.29 is 0 Å². The maximum Gasteiger partial charge on any atom is 0.00106 e. The minimum absolute atomic E-state index is 0.321. The zero-order valence-corrected chi connectivity index (χ0v) is 10.9. The predicted octanol–water partition coefficient (Wildman–Crippen LogP) is 3.87. The van der Waals surface area contributed by atoms with Gasteiger partial charge in [0.15, 0.2) is 0 Å². The van der Waals surface area contributed by atoms with E-state index in [9.17, 15) is 0 Å². The van der Waals surface area contributed by atoms with E-state index in [0.717, 1.165) is 6.42 Å². The molecule has 1 aromatic rings. The molecule has 1 aromatic carbocycles. The quantitative estimate of drug-likeness (QED) is 0.772. The fourth-order valence-electron chi connectivity index (χ4n) is 1.98. The number of rotatable bonds is 6. The molecule has 0 radical (unpaired) electrons. The Bertz CT molecular complexity index is 287. The van der Waals surface area contributed by atoms with Crippen molar-refractivity contribution in [2.24, 2.45) is 5.73 Å². The summed E-state index contributed by atoms with van der Waals surface area (Å²) in [7, 11) is 0. The summed E-state index contributed by atoms with van der Waals surface area (Å²) in [6.07, 6.45) is 4.71. The van der Waals surface area contributed by atoms with E-state index >= 15 is 0 Å². The highest BCUT2D eigenvalue weighted by Crippen LogP contribution is 2.21. The molecule has 0 aliphatic rings. The van der Waals surface area contributed by atoms with Gasteiger partial charge in [-0.05, 0) is 43.2 Å². The predicted molar refractivity (Wildman–Crippen MR) is 71.7 cm³/mol. The molecule has 1 rings (SSSR count). The highest BCUT2D eigenvalue weighted by atomic mass is 14.6. The van der Waals surface area contributed by atoms with Gasteiger partial charge in [-0.3, -0.25) is 0 Å². The van der Waals surface area contributed by atoms with E-state index in [4.69, 9.17) is 5.73 Å². The first-order valence-corrected chi connectivity index (χ1v) is 6.48. The Labute approximate surface area is 100 Å². The normalized spacial score (nSPS) is 14.8. The second-order valence-electron chi connectivity index (χ2n) is 4.95. The van der Waals surface area contributed by atoms with Gasteiger partial charge in [-0.25, -0.2) is 0 Å².